The zero-order chi connectivity index (χ0) is 19.2. The smallest absolute Gasteiger partial charge is 0.134 e. The maximum atomic E-state index is 5.23. The normalized spacial score (nSPS) is 11.5. The lowest BCUT2D eigenvalue weighted by Gasteiger charge is -2.09. The molecule has 27 heavy (non-hydrogen) atoms. The van der Waals surface area contributed by atoms with Gasteiger partial charge in [-0.15, -0.1) is 0 Å². The fourth-order valence-corrected chi connectivity index (χ4v) is 2.98. The highest BCUT2D eigenvalue weighted by Crippen LogP contribution is 2.19. The zero-order valence-corrected chi connectivity index (χ0v) is 16.4. The van der Waals surface area contributed by atoms with Crippen LogP contribution < -0.4 is 4.74 Å². The molecule has 0 radical (unpaired) electrons. The van der Waals surface area contributed by atoms with Crippen LogP contribution in [0, 0.1) is 20.8 Å². The predicted octanol–water partition coefficient (Wildman–Crippen LogP) is 4.97. The first-order valence-electron chi connectivity index (χ1n) is 9.09. The zero-order valence-electron chi connectivity index (χ0n) is 16.4. The van der Waals surface area contributed by atoms with Gasteiger partial charge in [0, 0.05) is 29.9 Å². The van der Waals surface area contributed by atoms with Crippen molar-refractivity contribution in [3.8, 4) is 5.75 Å². The Morgan fingerprint density at radius 2 is 1.48 bits per heavy atom. The third kappa shape index (κ3) is 5.48. The molecule has 4 heteroatoms. The van der Waals surface area contributed by atoms with E-state index >= 15 is 0 Å². The van der Waals surface area contributed by atoms with E-state index in [4.69, 9.17) is 9.73 Å². The van der Waals surface area contributed by atoms with Crippen molar-refractivity contribution in [3.05, 3.63) is 82.9 Å². The van der Waals surface area contributed by atoms with Gasteiger partial charge in [-0.1, -0.05) is 29.8 Å². The predicted molar refractivity (Wildman–Crippen MR) is 110 cm³/mol. The van der Waals surface area contributed by atoms with Crippen molar-refractivity contribution in [2.24, 2.45) is 4.99 Å². The Bertz CT molecular complexity index is 909. The lowest BCUT2D eigenvalue weighted by Crippen LogP contribution is -2.11. The first-order chi connectivity index (χ1) is 13.0. The highest BCUT2D eigenvalue weighted by atomic mass is 16.5. The third-order valence-electron chi connectivity index (χ3n) is 4.28. The van der Waals surface area contributed by atoms with Crippen molar-refractivity contribution in [1.82, 2.24) is 9.97 Å². The summed E-state index contributed by atoms with van der Waals surface area (Å²) in [5, 5.41) is 0. The van der Waals surface area contributed by atoms with E-state index in [0.29, 0.717) is 6.42 Å². The fourth-order valence-electron chi connectivity index (χ4n) is 2.98. The highest BCUT2D eigenvalue weighted by Gasteiger charge is 2.08. The molecule has 138 valence electrons. The number of rotatable bonds is 6. The van der Waals surface area contributed by atoms with Gasteiger partial charge in [0.15, 0.2) is 0 Å². The first-order valence-corrected chi connectivity index (χ1v) is 9.09. The number of methoxy groups -OCH3 is 1. The second-order valence-corrected chi connectivity index (χ2v) is 6.78. The van der Waals surface area contributed by atoms with Crippen LogP contribution in [0.15, 0.2) is 59.6 Å². The lowest BCUT2D eigenvalue weighted by atomic mass is 10.0. The summed E-state index contributed by atoms with van der Waals surface area (Å²) >= 11 is 0. The van der Waals surface area contributed by atoms with Crippen LogP contribution in [-0.4, -0.2) is 22.8 Å². The molecule has 0 N–H and O–H groups in total. The van der Waals surface area contributed by atoms with E-state index in [-0.39, 0.29) is 0 Å². The van der Waals surface area contributed by atoms with Crippen molar-refractivity contribution in [2.45, 2.75) is 33.6 Å². The summed E-state index contributed by atoms with van der Waals surface area (Å²) in [5.74, 6) is 1.64. The van der Waals surface area contributed by atoms with Crippen LogP contribution >= 0.6 is 0 Å². The summed E-state index contributed by atoms with van der Waals surface area (Å²) in [4.78, 5) is 14.1. The molecule has 0 amide bonds. The number of ether oxygens (including phenoxy) is 1. The van der Waals surface area contributed by atoms with Crippen LogP contribution in [-0.2, 0) is 12.8 Å². The average Bonchev–Trinajstić information content (AvgIpc) is 2.63. The number of aryl methyl sites for hydroxylation is 3. The van der Waals surface area contributed by atoms with E-state index in [1.54, 1.807) is 7.11 Å². The maximum absolute atomic E-state index is 5.23. The van der Waals surface area contributed by atoms with Crippen LogP contribution in [0.3, 0.4) is 0 Å². The van der Waals surface area contributed by atoms with E-state index in [1.807, 2.05) is 44.2 Å². The van der Waals surface area contributed by atoms with Gasteiger partial charge in [-0.3, -0.25) is 4.99 Å². The second kappa shape index (κ2) is 8.58. The molecule has 0 saturated heterocycles. The van der Waals surface area contributed by atoms with E-state index in [0.717, 1.165) is 40.8 Å². The number of nitrogens with zero attached hydrogens (tertiary/aromatic N) is 3. The Morgan fingerprint density at radius 1 is 0.852 bits per heavy atom. The van der Waals surface area contributed by atoms with Crippen molar-refractivity contribution in [1.29, 1.82) is 0 Å². The van der Waals surface area contributed by atoms with Crippen LogP contribution in [0.4, 0.5) is 5.69 Å². The molecule has 0 fully saturated rings. The van der Waals surface area contributed by atoms with E-state index in [1.165, 1.54) is 11.1 Å². The molecule has 0 aliphatic rings. The fraction of sp³-hybridized carbons (Fsp3) is 0.261. The summed E-state index contributed by atoms with van der Waals surface area (Å²) in [5.41, 5.74) is 6.40. The topological polar surface area (TPSA) is 47.4 Å². The molecule has 0 aliphatic heterocycles. The van der Waals surface area contributed by atoms with Crippen LogP contribution in [0.5, 0.6) is 5.75 Å². The van der Waals surface area contributed by atoms with Gasteiger partial charge in [0.2, 0.25) is 0 Å². The minimum Gasteiger partial charge on any atom is -0.497 e. The summed E-state index contributed by atoms with van der Waals surface area (Å²) in [6.45, 7) is 6.09. The minimum absolute atomic E-state index is 0.627. The molecule has 3 aromatic rings. The molecule has 1 aromatic heterocycles. The second-order valence-electron chi connectivity index (χ2n) is 6.78. The monoisotopic (exact) mass is 359 g/mol. The lowest BCUT2D eigenvalue weighted by molar-refractivity contribution is 0.415. The van der Waals surface area contributed by atoms with Gasteiger partial charge in [-0.2, -0.15) is 0 Å². The molecule has 1 heterocycles. The molecule has 0 aliphatic carbocycles. The minimum atomic E-state index is 0.627. The van der Waals surface area contributed by atoms with Gasteiger partial charge in [-0.25, -0.2) is 9.97 Å². The van der Waals surface area contributed by atoms with Crippen LogP contribution in [0.2, 0.25) is 0 Å². The quantitative estimate of drug-likeness (QED) is 0.584. The molecule has 0 saturated carbocycles. The van der Waals surface area contributed by atoms with Gasteiger partial charge in [0.1, 0.15) is 11.6 Å². The van der Waals surface area contributed by atoms with E-state index in [9.17, 15) is 0 Å². The van der Waals surface area contributed by atoms with Crippen LogP contribution in [0.25, 0.3) is 0 Å². The standard InChI is InChI=1S/C23H25N3O/c1-16-5-7-19(8-6-16)14-21(15-23-24-17(2)13-18(3)25-23)26-20-9-11-22(27-4)12-10-20/h5-13H,14-15H2,1-4H3. The molecule has 0 atom stereocenters. The molecular formula is C23H25N3O. The van der Waals surface area contributed by atoms with Crippen LogP contribution in [0.1, 0.15) is 28.3 Å². The molecule has 0 unspecified atom stereocenters. The van der Waals surface area contributed by atoms with Gasteiger partial charge in [-0.05, 0) is 56.7 Å². The van der Waals surface area contributed by atoms with Gasteiger partial charge >= 0.3 is 0 Å². The Kier molecular flexibility index (Phi) is 5.97. The number of benzene rings is 2. The summed E-state index contributed by atoms with van der Waals surface area (Å²) in [6.07, 6.45) is 1.39. The van der Waals surface area contributed by atoms with Gasteiger partial charge in [0.05, 0.1) is 12.8 Å². The van der Waals surface area contributed by atoms with Crippen molar-refractivity contribution in [3.63, 3.8) is 0 Å². The summed E-state index contributed by atoms with van der Waals surface area (Å²) in [7, 11) is 1.67. The van der Waals surface area contributed by atoms with Gasteiger partial charge in [0.25, 0.3) is 0 Å². The largest absolute Gasteiger partial charge is 0.497 e. The molecule has 0 spiro atoms. The van der Waals surface area contributed by atoms with Crippen molar-refractivity contribution >= 4 is 11.4 Å². The molecular weight excluding hydrogens is 334 g/mol. The SMILES string of the molecule is COc1ccc(N=C(Cc2ccc(C)cc2)Cc2nc(C)cc(C)n2)cc1. The number of aliphatic imine (C=N–C) groups is 1. The van der Waals surface area contributed by atoms with E-state index < -0.39 is 0 Å². The average molecular weight is 359 g/mol. The Hall–Kier alpha value is -3.01. The third-order valence-corrected chi connectivity index (χ3v) is 4.28. The number of hydrogen-bond acceptors (Lipinski definition) is 4. The Balaban J connectivity index is 1.91. The molecule has 4 nitrogen and oxygen atoms in total. The summed E-state index contributed by atoms with van der Waals surface area (Å²) < 4.78 is 5.23. The summed E-state index contributed by atoms with van der Waals surface area (Å²) in [6, 6.07) is 18.4. The van der Waals surface area contributed by atoms with E-state index in [2.05, 4.69) is 41.2 Å². The Labute approximate surface area is 161 Å². The first kappa shape index (κ1) is 18.8. The Morgan fingerprint density at radius 3 is 2.07 bits per heavy atom. The molecule has 0 bridgehead atoms. The van der Waals surface area contributed by atoms with Gasteiger partial charge < -0.3 is 4.74 Å². The highest BCUT2D eigenvalue weighted by molar-refractivity contribution is 5.90. The molecule has 3 rings (SSSR count). The van der Waals surface area contributed by atoms with Crippen molar-refractivity contribution < 1.29 is 4.74 Å². The number of aromatic nitrogens is 2. The number of hydrogen-bond donors (Lipinski definition) is 0. The maximum Gasteiger partial charge on any atom is 0.134 e. The van der Waals surface area contributed by atoms with Crippen molar-refractivity contribution in [2.75, 3.05) is 7.11 Å². The molecule has 2 aromatic carbocycles.